The van der Waals surface area contributed by atoms with Crippen molar-refractivity contribution in [1.29, 1.82) is 0 Å². The maximum Gasteiger partial charge on any atom is 0.138 e. The molecule has 14 heavy (non-hydrogen) atoms. The molecule has 0 saturated heterocycles. The van der Waals surface area contributed by atoms with Crippen LogP contribution in [0.3, 0.4) is 0 Å². The van der Waals surface area contributed by atoms with Crippen molar-refractivity contribution in [2.45, 2.75) is 31.7 Å². The minimum absolute atomic E-state index is 0.0781. The number of hydrogen-bond acceptors (Lipinski definition) is 3. The molecule has 76 valence electrons. The number of ketones is 1. The summed E-state index contributed by atoms with van der Waals surface area (Å²) in [4.78, 5) is 11.5. The third kappa shape index (κ3) is 2.45. The van der Waals surface area contributed by atoms with Gasteiger partial charge in [0.25, 0.3) is 0 Å². The van der Waals surface area contributed by atoms with Gasteiger partial charge in [0.2, 0.25) is 0 Å². The molecule has 0 aliphatic heterocycles. The molecule has 1 saturated carbocycles. The molecule has 1 aromatic rings. The van der Waals surface area contributed by atoms with Crippen LogP contribution in [0.25, 0.3) is 0 Å². The lowest BCUT2D eigenvalue weighted by molar-refractivity contribution is -0.118. The monoisotopic (exact) mass is 193 g/mol. The molecule has 3 nitrogen and oxygen atoms in total. The zero-order chi connectivity index (χ0) is 9.97. The van der Waals surface area contributed by atoms with Crippen molar-refractivity contribution in [3.05, 3.63) is 24.2 Å². The second-order valence-electron chi connectivity index (χ2n) is 4.05. The van der Waals surface area contributed by atoms with Crippen molar-refractivity contribution in [3.8, 4) is 0 Å². The first-order valence-electron chi connectivity index (χ1n) is 5.04. The van der Waals surface area contributed by atoms with Crippen LogP contribution in [0.1, 0.15) is 24.8 Å². The Labute approximate surface area is 83.3 Å². The quantitative estimate of drug-likeness (QED) is 0.771. The summed E-state index contributed by atoms with van der Waals surface area (Å²) in [6.07, 6.45) is 6.55. The second-order valence-corrected chi connectivity index (χ2v) is 4.05. The predicted octanol–water partition coefficient (Wildman–Crippen LogP) is 1.52. The number of nitrogens with two attached hydrogens (primary N) is 1. The topological polar surface area (TPSA) is 56.2 Å². The number of Topliss-reactive ketones (excluding diaryl/α,β-unsaturated/α-hetero) is 1. The minimum atomic E-state index is 0.0781. The van der Waals surface area contributed by atoms with E-state index in [1.165, 1.54) is 12.8 Å². The summed E-state index contributed by atoms with van der Waals surface area (Å²) < 4.78 is 4.90. The molecule has 0 radical (unpaired) electrons. The molecule has 1 aliphatic carbocycles. The Morgan fingerprint density at radius 2 is 2.43 bits per heavy atom. The summed E-state index contributed by atoms with van der Waals surface area (Å²) in [5, 5.41) is 0. The fourth-order valence-corrected chi connectivity index (χ4v) is 1.65. The summed E-state index contributed by atoms with van der Waals surface area (Å²) in [7, 11) is 0. The molecule has 0 aromatic carbocycles. The van der Waals surface area contributed by atoms with Gasteiger partial charge in [0.1, 0.15) is 5.78 Å². The van der Waals surface area contributed by atoms with Crippen LogP contribution < -0.4 is 5.73 Å². The molecule has 3 heteroatoms. The first-order chi connectivity index (χ1) is 6.75. The highest BCUT2D eigenvalue weighted by Gasteiger charge is 2.29. The van der Waals surface area contributed by atoms with Crippen LogP contribution >= 0.6 is 0 Å². The van der Waals surface area contributed by atoms with E-state index in [9.17, 15) is 4.79 Å². The van der Waals surface area contributed by atoms with Crippen molar-refractivity contribution in [3.63, 3.8) is 0 Å². The third-order valence-electron chi connectivity index (χ3n) is 2.67. The predicted molar refractivity (Wildman–Crippen MR) is 52.7 cm³/mol. The lowest BCUT2D eigenvalue weighted by atomic mass is 10.0. The molecule has 0 bridgehead atoms. The summed E-state index contributed by atoms with van der Waals surface area (Å²) in [5.41, 5.74) is 6.81. The van der Waals surface area contributed by atoms with Gasteiger partial charge < -0.3 is 10.2 Å². The Bertz CT molecular complexity index is 301. The second kappa shape index (κ2) is 3.96. The van der Waals surface area contributed by atoms with Crippen molar-refractivity contribution in [2.24, 2.45) is 11.7 Å². The van der Waals surface area contributed by atoms with Gasteiger partial charge in [0.15, 0.2) is 0 Å². The van der Waals surface area contributed by atoms with Gasteiger partial charge in [-0.15, -0.1) is 0 Å². The van der Waals surface area contributed by atoms with Crippen LogP contribution in [0.4, 0.5) is 0 Å². The Hall–Kier alpha value is -1.09. The SMILES string of the molecule is NC(CC(=O)Cc1ccoc1)C1CC1. The average Bonchev–Trinajstić information content (AvgIpc) is 2.87. The first kappa shape index (κ1) is 9.46. The number of furan rings is 1. The number of carbonyl (C=O) groups is 1. The van der Waals surface area contributed by atoms with Crippen LogP contribution in [0.2, 0.25) is 0 Å². The van der Waals surface area contributed by atoms with Crippen molar-refractivity contribution in [1.82, 2.24) is 0 Å². The van der Waals surface area contributed by atoms with Gasteiger partial charge in [-0.05, 0) is 30.4 Å². The Balaban J connectivity index is 1.78. The van der Waals surface area contributed by atoms with Crippen LogP contribution in [0.15, 0.2) is 23.0 Å². The first-order valence-corrected chi connectivity index (χ1v) is 5.04. The van der Waals surface area contributed by atoms with Gasteiger partial charge in [-0.3, -0.25) is 4.79 Å². The summed E-state index contributed by atoms with van der Waals surface area (Å²) >= 11 is 0. The lowest BCUT2D eigenvalue weighted by Gasteiger charge is -2.07. The van der Waals surface area contributed by atoms with Crippen LogP contribution in [0.5, 0.6) is 0 Å². The molecule has 1 aliphatic rings. The van der Waals surface area contributed by atoms with Gasteiger partial charge in [0, 0.05) is 18.9 Å². The molecular formula is C11H15NO2. The van der Waals surface area contributed by atoms with E-state index in [0.717, 1.165) is 5.56 Å². The maximum atomic E-state index is 11.5. The van der Waals surface area contributed by atoms with Gasteiger partial charge >= 0.3 is 0 Å². The minimum Gasteiger partial charge on any atom is -0.472 e. The molecule has 0 amide bonds. The Kier molecular flexibility index (Phi) is 2.68. The van der Waals surface area contributed by atoms with Crippen molar-refractivity contribution < 1.29 is 9.21 Å². The van der Waals surface area contributed by atoms with Crippen LogP contribution in [-0.2, 0) is 11.2 Å². The number of hydrogen-bond donors (Lipinski definition) is 1. The zero-order valence-corrected chi connectivity index (χ0v) is 8.11. The molecule has 1 unspecified atom stereocenters. The Morgan fingerprint density at radius 3 is 3.00 bits per heavy atom. The van der Waals surface area contributed by atoms with E-state index >= 15 is 0 Å². The molecule has 2 N–H and O–H groups in total. The summed E-state index contributed by atoms with van der Waals surface area (Å²) in [5.74, 6) is 0.814. The Morgan fingerprint density at radius 1 is 1.64 bits per heavy atom. The lowest BCUT2D eigenvalue weighted by Crippen LogP contribution is -2.26. The standard InChI is InChI=1S/C11H15NO2/c12-11(9-1-2-9)6-10(13)5-8-3-4-14-7-8/h3-4,7,9,11H,1-2,5-6,12H2. The van der Waals surface area contributed by atoms with Crippen molar-refractivity contribution in [2.75, 3.05) is 0 Å². The molecule has 0 spiro atoms. The fourth-order valence-electron chi connectivity index (χ4n) is 1.65. The molecule has 1 heterocycles. The average molecular weight is 193 g/mol. The highest BCUT2D eigenvalue weighted by molar-refractivity contribution is 5.81. The van der Waals surface area contributed by atoms with E-state index < -0.39 is 0 Å². The van der Waals surface area contributed by atoms with Crippen LogP contribution in [0, 0.1) is 5.92 Å². The highest BCUT2D eigenvalue weighted by Crippen LogP contribution is 2.32. The summed E-state index contributed by atoms with van der Waals surface area (Å²) in [6, 6.07) is 1.90. The molecule has 2 rings (SSSR count). The van der Waals surface area contributed by atoms with E-state index in [-0.39, 0.29) is 11.8 Å². The molecule has 1 fully saturated rings. The summed E-state index contributed by atoms with van der Waals surface area (Å²) in [6.45, 7) is 0. The van der Waals surface area contributed by atoms with E-state index in [1.54, 1.807) is 12.5 Å². The van der Waals surface area contributed by atoms with Gasteiger partial charge in [-0.25, -0.2) is 0 Å². The number of carbonyl (C=O) groups excluding carboxylic acids is 1. The normalized spacial score (nSPS) is 18.1. The third-order valence-corrected chi connectivity index (χ3v) is 2.67. The van der Waals surface area contributed by atoms with Crippen molar-refractivity contribution >= 4 is 5.78 Å². The van der Waals surface area contributed by atoms with E-state index in [2.05, 4.69) is 0 Å². The molecule has 1 aromatic heterocycles. The van der Waals surface area contributed by atoms with E-state index in [4.69, 9.17) is 10.2 Å². The molecular weight excluding hydrogens is 178 g/mol. The van der Waals surface area contributed by atoms with Gasteiger partial charge in [-0.2, -0.15) is 0 Å². The van der Waals surface area contributed by atoms with Gasteiger partial charge in [-0.1, -0.05) is 0 Å². The zero-order valence-electron chi connectivity index (χ0n) is 8.11. The maximum absolute atomic E-state index is 11.5. The van der Waals surface area contributed by atoms with Gasteiger partial charge in [0.05, 0.1) is 12.5 Å². The highest BCUT2D eigenvalue weighted by atomic mass is 16.3. The fraction of sp³-hybridized carbons (Fsp3) is 0.545. The number of rotatable bonds is 5. The van der Waals surface area contributed by atoms with E-state index in [1.807, 2.05) is 6.07 Å². The molecule has 1 atom stereocenters. The largest absolute Gasteiger partial charge is 0.472 e. The smallest absolute Gasteiger partial charge is 0.138 e. The van der Waals surface area contributed by atoms with E-state index in [0.29, 0.717) is 18.8 Å². The van der Waals surface area contributed by atoms with Crippen LogP contribution in [-0.4, -0.2) is 11.8 Å².